The number of alkyl halides is 1. The number of rotatable bonds is 7. The van der Waals surface area contributed by atoms with Gasteiger partial charge < -0.3 is 0 Å². The third-order valence-electron chi connectivity index (χ3n) is 3.85. The molecule has 0 aromatic heterocycles. The highest BCUT2D eigenvalue weighted by molar-refractivity contribution is 7.21. The summed E-state index contributed by atoms with van der Waals surface area (Å²) < 4.78 is 0. The molecule has 3 heteroatoms. The second kappa shape index (κ2) is 7.71. The van der Waals surface area contributed by atoms with Crippen molar-refractivity contribution in [2.75, 3.05) is 0 Å². The van der Waals surface area contributed by atoms with Crippen LogP contribution in [-0.4, -0.2) is 7.38 Å². The van der Waals surface area contributed by atoms with Crippen LogP contribution in [0.5, 0.6) is 0 Å². The van der Waals surface area contributed by atoms with E-state index in [2.05, 4.69) is 52.0 Å². The van der Waals surface area contributed by atoms with Gasteiger partial charge in [0.25, 0.3) is 0 Å². The Labute approximate surface area is 129 Å². The van der Waals surface area contributed by atoms with E-state index in [0.717, 1.165) is 12.5 Å². The summed E-state index contributed by atoms with van der Waals surface area (Å²) in [4.78, 5) is 0. The van der Waals surface area contributed by atoms with Gasteiger partial charge in [0.2, 0.25) is 0 Å². The summed E-state index contributed by atoms with van der Waals surface area (Å²) in [5, 5.41) is 0. The zero-order chi connectivity index (χ0) is 14.5. The van der Waals surface area contributed by atoms with Gasteiger partial charge in [-0.25, -0.2) is 0 Å². The van der Waals surface area contributed by atoms with Gasteiger partial charge in [0.1, 0.15) is 0 Å². The van der Waals surface area contributed by atoms with Gasteiger partial charge in [0.15, 0.2) is 7.38 Å². The summed E-state index contributed by atoms with van der Waals surface area (Å²) in [5.74, 6) is 1.29. The van der Waals surface area contributed by atoms with E-state index in [0.29, 0.717) is 17.3 Å². The van der Waals surface area contributed by atoms with E-state index in [9.17, 15) is 0 Å². The molecule has 19 heavy (non-hydrogen) atoms. The van der Waals surface area contributed by atoms with E-state index in [-0.39, 0.29) is 0 Å². The van der Waals surface area contributed by atoms with Gasteiger partial charge >= 0.3 is 0 Å². The molecule has 1 aromatic rings. The molecule has 0 N–H and O–H groups in total. The van der Waals surface area contributed by atoms with Crippen LogP contribution in [-0.2, 0) is 12.3 Å². The van der Waals surface area contributed by atoms with Crippen molar-refractivity contribution in [2.45, 2.75) is 57.6 Å². The minimum Gasteiger partial charge on any atom is -0.167 e. The minimum absolute atomic E-state index is 0.596. The number of halogens is 2. The largest absolute Gasteiger partial charge is 0.167 e. The SMILES string of the molecule is CC(C)C[Si](Cl)(CCc1ccccc1CCl)C(C)C. The predicted octanol–water partition coefficient (Wildman–Crippen LogP) is 6.22. The lowest BCUT2D eigenvalue weighted by atomic mass is 10.1. The minimum atomic E-state index is -1.68. The quantitative estimate of drug-likeness (QED) is 0.318. The highest BCUT2D eigenvalue weighted by Crippen LogP contribution is 2.37. The van der Waals surface area contributed by atoms with E-state index in [4.69, 9.17) is 22.7 Å². The van der Waals surface area contributed by atoms with Crippen LogP contribution in [0.25, 0.3) is 0 Å². The first-order valence-corrected chi connectivity index (χ1v) is 11.2. The molecule has 0 radical (unpaired) electrons. The van der Waals surface area contributed by atoms with E-state index in [1.54, 1.807) is 0 Å². The standard InChI is InChI=1S/C16H26Cl2Si/c1-13(2)12-19(18,14(3)4)10-9-15-7-5-6-8-16(15)11-17/h5-8,13-14H,9-12H2,1-4H3. The third kappa shape index (κ3) is 5.13. The van der Waals surface area contributed by atoms with Crippen LogP contribution in [0.1, 0.15) is 38.8 Å². The van der Waals surface area contributed by atoms with Crippen LogP contribution >= 0.6 is 22.7 Å². The Morgan fingerprint density at radius 1 is 1.05 bits per heavy atom. The van der Waals surface area contributed by atoms with Crippen molar-refractivity contribution < 1.29 is 0 Å². The molecule has 0 amide bonds. The van der Waals surface area contributed by atoms with E-state index in [1.165, 1.54) is 17.2 Å². The summed E-state index contributed by atoms with van der Waals surface area (Å²) >= 11 is 13.0. The van der Waals surface area contributed by atoms with Crippen molar-refractivity contribution in [3.63, 3.8) is 0 Å². The fourth-order valence-electron chi connectivity index (χ4n) is 2.58. The molecule has 0 aliphatic carbocycles. The maximum absolute atomic E-state index is 7.02. The van der Waals surface area contributed by atoms with Gasteiger partial charge in [-0.05, 0) is 41.1 Å². The van der Waals surface area contributed by atoms with Gasteiger partial charge in [-0.2, -0.15) is 11.1 Å². The van der Waals surface area contributed by atoms with Gasteiger partial charge in [-0.15, -0.1) is 11.6 Å². The molecular formula is C16H26Cl2Si. The van der Waals surface area contributed by atoms with Gasteiger partial charge in [-0.3, -0.25) is 0 Å². The van der Waals surface area contributed by atoms with Gasteiger partial charge in [0.05, 0.1) is 0 Å². The number of hydrogen-bond acceptors (Lipinski definition) is 0. The van der Waals surface area contributed by atoms with E-state index < -0.39 is 7.38 Å². The molecule has 1 rings (SSSR count). The molecule has 1 aromatic carbocycles. The average molecular weight is 317 g/mol. The Morgan fingerprint density at radius 2 is 1.63 bits per heavy atom. The number of benzene rings is 1. The summed E-state index contributed by atoms with van der Waals surface area (Å²) in [7, 11) is -1.68. The first-order chi connectivity index (χ1) is 8.89. The normalized spacial score (nSPS) is 14.9. The lowest BCUT2D eigenvalue weighted by molar-refractivity contribution is 0.709. The molecule has 1 atom stereocenters. The van der Waals surface area contributed by atoms with Crippen LogP contribution in [0.2, 0.25) is 17.6 Å². The van der Waals surface area contributed by atoms with E-state index >= 15 is 0 Å². The monoisotopic (exact) mass is 316 g/mol. The van der Waals surface area contributed by atoms with Crippen LogP contribution in [0.15, 0.2) is 24.3 Å². The number of hydrogen-bond donors (Lipinski definition) is 0. The molecule has 0 saturated heterocycles. The topological polar surface area (TPSA) is 0 Å². The van der Waals surface area contributed by atoms with Crippen LogP contribution in [0.4, 0.5) is 0 Å². The van der Waals surface area contributed by atoms with Crippen molar-refractivity contribution >= 4 is 30.1 Å². The van der Waals surface area contributed by atoms with Crippen molar-refractivity contribution in [3.05, 3.63) is 35.4 Å². The third-order valence-corrected chi connectivity index (χ3v) is 11.1. The fourth-order valence-corrected chi connectivity index (χ4v) is 7.34. The summed E-state index contributed by atoms with van der Waals surface area (Å²) in [5.41, 5.74) is 3.25. The molecule has 0 heterocycles. The molecule has 0 fully saturated rings. The second-order valence-corrected chi connectivity index (χ2v) is 12.8. The fraction of sp³-hybridized carbons (Fsp3) is 0.625. The lowest BCUT2D eigenvalue weighted by Crippen LogP contribution is -2.33. The Hall–Kier alpha value is 0.0169. The van der Waals surface area contributed by atoms with Crippen molar-refractivity contribution in [1.82, 2.24) is 0 Å². The van der Waals surface area contributed by atoms with Crippen LogP contribution in [0, 0.1) is 5.92 Å². The average Bonchev–Trinajstić information content (AvgIpc) is 2.35. The second-order valence-electron chi connectivity index (χ2n) is 6.19. The molecule has 0 nitrogen and oxygen atoms in total. The summed E-state index contributed by atoms with van der Waals surface area (Å²) in [6.45, 7) is 9.13. The molecular weight excluding hydrogens is 291 g/mol. The predicted molar refractivity (Wildman–Crippen MR) is 90.9 cm³/mol. The van der Waals surface area contributed by atoms with E-state index in [1.807, 2.05) is 0 Å². The Bertz CT molecular complexity index is 390. The molecule has 0 spiro atoms. The smallest absolute Gasteiger partial charge is 0.159 e. The molecule has 0 bridgehead atoms. The molecule has 1 unspecified atom stereocenters. The maximum Gasteiger partial charge on any atom is 0.159 e. The van der Waals surface area contributed by atoms with Gasteiger partial charge in [-0.1, -0.05) is 52.0 Å². The summed E-state index contributed by atoms with van der Waals surface area (Å²) in [6.07, 6.45) is 1.07. The Balaban J connectivity index is 2.76. The maximum atomic E-state index is 7.02. The van der Waals surface area contributed by atoms with Crippen LogP contribution < -0.4 is 0 Å². The molecule has 0 saturated carbocycles. The van der Waals surface area contributed by atoms with Crippen molar-refractivity contribution in [2.24, 2.45) is 5.92 Å². The van der Waals surface area contributed by atoms with Gasteiger partial charge in [0, 0.05) is 5.88 Å². The molecule has 0 aliphatic heterocycles. The summed E-state index contributed by atoms with van der Waals surface area (Å²) in [6, 6.07) is 10.8. The first-order valence-electron chi connectivity index (χ1n) is 7.20. The highest BCUT2D eigenvalue weighted by atomic mass is 35.6. The zero-order valence-electron chi connectivity index (χ0n) is 12.5. The molecule has 0 aliphatic rings. The molecule has 108 valence electrons. The van der Waals surface area contributed by atoms with Crippen molar-refractivity contribution in [1.29, 1.82) is 0 Å². The number of aryl methyl sites for hydroxylation is 1. The Kier molecular flexibility index (Phi) is 6.92. The van der Waals surface area contributed by atoms with Crippen LogP contribution in [0.3, 0.4) is 0 Å². The highest BCUT2D eigenvalue weighted by Gasteiger charge is 2.34. The Morgan fingerprint density at radius 3 is 2.11 bits per heavy atom. The first kappa shape index (κ1) is 17.1. The van der Waals surface area contributed by atoms with Crippen molar-refractivity contribution in [3.8, 4) is 0 Å². The zero-order valence-corrected chi connectivity index (χ0v) is 15.1. The lowest BCUT2D eigenvalue weighted by Gasteiger charge is -2.30.